The van der Waals surface area contributed by atoms with E-state index in [4.69, 9.17) is 4.74 Å². The number of carbonyl (C=O) groups is 2. The summed E-state index contributed by atoms with van der Waals surface area (Å²) in [6.45, 7) is 5.84. The topological polar surface area (TPSA) is 88.8 Å². The maximum atomic E-state index is 13.2. The zero-order valence-corrected chi connectivity index (χ0v) is 25.5. The molecule has 2 aromatic heterocycles. The van der Waals surface area contributed by atoms with Gasteiger partial charge in [0, 0.05) is 43.3 Å². The van der Waals surface area contributed by atoms with Gasteiger partial charge in [-0.1, -0.05) is 36.4 Å². The van der Waals surface area contributed by atoms with Crippen LogP contribution < -0.4 is 10.1 Å². The summed E-state index contributed by atoms with van der Waals surface area (Å²) in [6, 6.07) is 23.3. The lowest BCUT2D eigenvalue weighted by atomic mass is 10.0. The van der Waals surface area contributed by atoms with Crippen molar-refractivity contribution >= 4 is 29.0 Å². The number of nitrogens with zero attached hydrogens (tertiary/aromatic N) is 4. The Balaban J connectivity index is 1.15. The number of halogens is 1. The monoisotopic (exact) mass is 605 g/mol. The smallest absolute Gasteiger partial charge is 0.253 e. The third-order valence-electron chi connectivity index (χ3n) is 8.03. The van der Waals surface area contributed by atoms with Crippen molar-refractivity contribution in [2.24, 2.45) is 5.92 Å². The number of anilines is 2. The fourth-order valence-corrected chi connectivity index (χ4v) is 5.23. The molecule has 0 saturated heterocycles. The highest BCUT2D eigenvalue weighted by Crippen LogP contribution is 2.34. The number of Topliss-reactive ketones (excluding diaryl/α,β-unsaturated/α-hetero) is 1. The van der Waals surface area contributed by atoms with Gasteiger partial charge in [0.15, 0.2) is 5.65 Å². The standard InChI is InChI=1S/C36H36FN5O3/c1-3-41(4-2)35(44)28-13-17-32(33(21-28)45-23-26-5-6-26)38-36-39-34-18-14-29(22-42(34)40-36)27-11-7-24(8-12-27)19-31(43)20-25-9-15-30(37)16-10-25/h7-18,21-22,26H,3-6,19-20,23H2,1-2H3,(H,38,40). The summed E-state index contributed by atoms with van der Waals surface area (Å²) < 4.78 is 21.0. The average Bonchev–Trinajstić information content (AvgIpc) is 3.79. The van der Waals surface area contributed by atoms with Gasteiger partial charge in [-0.3, -0.25) is 9.59 Å². The van der Waals surface area contributed by atoms with E-state index >= 15 is 0 Å². The van der Waals surface area contributed by atoms with Gasteiger partial charge in [-0.25, -0.2) is 8.91 Å². The number of aromatic nitrogens is 3. The maximum absolute atomic E-state index is 13.2. The number of benzene rings is 3. The Hall–Kier alpha value is -5.05. The molecule has 0 atom stereocenters. The highest BCUT2D eigenvalue weighted by Gasteiger charge is 2.23. The van der Waals surface area contributed by atoms with Crippen molar-refractivity contribution in [3.63, 3.8) is 0 Å². The van der Waals surface area contributed by atoms with E-state index in [9.17, 15) is 14.0 Å². The summed E-state index contributed by atoms with van der Waals surface area (Å²) in [7, 11) is 0. The van der Waals surface area contributed by atoms with Crippen LogP contribution in [0.15, 0.2) is 85.1 Å². The van der Waals surface area contributed by atoms with Crippen LogP contribution in [0.3, 0.4) is 0 Å². The molecular weight excluding hydrogens is 569 g/mol. The molecular formula is C36H36FN5O3. The normalized spacial score (nSPS) is 12.7. The molecule has 0 bridgehead atoms. The maximum Gasteiger partial charge on any atom is 0.253 e. The molecule has 1 aliphatic rings. The van der Waals surface area contributed by atoms with Gasteiger partial charge >= 0.3 is 0 Å². The van der Waals surface area contributed by atoms with Crippen LogP contribution in [-0.4, -0.2) is 50.9 Å². The van der Waals surface area contributed by atoms with E-state index in [2.05, 4.69) is 15.4 Å². The molecule has 0 aliphatic heterocycles. The van der Waals surface area contributed by atoms with E-state index < -0.39 is 0 Å². The third kappa shape index (κ3) is 7.37. The van der Waals surface area contributed by atoms with Crippen molar-refractivity contribution in [1.29, 1.82) is 0 Å². The molecule has 9 heteroatoms. The van der Waals surface area contributed by atoms with E-state index in [1.807, 2.05) is 62.5 Å². The number of rotatable bonds is 13. The van der Waals surface area contributed by atoms with Crippen LogP contribution in [0.2, 0.25) is 0 Å². The van der Waals surface area contributed by atoms with Crippen LogP contribution in [0.4, 0.5) is 16.0 Å². The fourth-order valence-electron chi connectivity index (χ4n) is 5.23. The molecule has 45 heavy (non-hydrogen) atoms. The fraction of sp³-hybridized carbons (Fsp3) is 0.278. The molecule has 8 nitrogen and oxygen atoms in total. The Kier molecular flexibility index (Phi) is 8.86. The lowest BCUT2D eigenvalue weighted by molar-refractivity contribution is -0.117. The van der Waals surface area contributed by atoms with Gasteiger partial charge in [0.25, 0.3) is 5.91 Å². The molecule has 5 aromatic rings. The second-order valence-corrected chi connectivity index (χ2v) is 11.4. The molecule has 1 fully saturated rings. The van der Waals surface area contributed by atoms with Gasteiger partial charge in [-0.2, -0.15) is 4.98 Å². The second kappa shape index (κ2) is 13.3. The molecule has 1 saturated carbocycles. The average molecular weight is 606 g/mol. The number of fused-ring (bicyclic) bond motifs is 1. The molecule has 0 unspecified atom stereocenters. The van der Waals surface area contributed by atoms with Crippen molar-refractivity contribution in [3.05, 3.63) is 108 Å². The largest absolute Gasteiger partial charge is 0.491 e. The van der Waals surface area contributed by atoms with Crippen LogP contribution in [0.1, 0.15) is 48.2 Å². The number of ketones is 1. The van der Waals surface area contributed by atoms with Gasteiger partial charge in [0.1, 0.15) is 17.3 Å². The summed E-state index contributed by atoms with van der Waals surface area (Å²) in [5, 5.41) is 7.94. The van der Waals surface area contributed by atoms with Crippen molar-refractivity contribution in [3.8, 4) is 16.9 Å². The van der Waals surface area contributed by atoms with Crippen molar-refractivity contribution in [2.45, 2.75) is 39.5 Å². The van der Waals surface area contributed by atoms with E-state index in [0.29, 0.717) is 60.6 Å². The number of ether oxygens (including phenoxy) is 1. The Morgan fingerprint density at radius 1 is 0.911 bits per heavy atom. The minimum absolute atomic E-state index is 0.0224. The van der Waals surface area contributed by atoms with Gasteiger partial charge < -0.3 is 15.0 Å². The Morgan fingerprint density at radius 3 is 2.24 bits per heavy atom. The highest BCUT2D eigenvalue weighted by atomic mass is 19.1. The van der Waals surface area contributed by atoms with E-state index in [1.54, 1.807) is 33.7 Å². The van der Waals surface area contributed by atoms with Crippen molar-refractivity contribution < 1.29 is 18.7 Å². The summed E-state index contributed by atoms with van der Waals surface area (Å²) >= 11 is 0. The van der Waals surface area contributed by atoms with E-state index in [1.165, 1.54) is 12.1 Å². The number of pyridine rings is 1. The first-order valence-corrected chi connectivity index (χ1v) is 15.4. The van der Waals surface area contributed by atoms with Crippen molar-refractivity contribution in [2.75, 3.05) is 25.0 Å². The Morgan fingerprint density at radius 2 is 1.58 bits per heavy atom. The van der Waals surface area contributed by atoms with Crippen LogP contribution in [0, 0.1) is 11.7 Å². The van der Waals surface area contributed by atoms with Gasteiger partial charge in [0.05, 0.1) is 12.3 Å². The summed E-state index contributed by atoms with van der Waals surface area (Å²) in [5.41, 5.74) is 5.63. The minimum atomic E-state index is -0.309. The SMILES string of the molecule is CCN(CC)C(=O)c1ccc(Nc2nc3ccc(-c4ccc(CC(=O)Cc5ccc(F)cc5)cc4)cn3n2)c(OCC2CC2)c1. The summed E-state index contributed by atoms with van der Waals surface area (Å²) in [4.78, 5) is 32.0. The van der Waals surface area contributed by atoms with Crippen molar-refractivity contribution in [1.82, 2.24) is 19.5 Å². The van der Waals surface area contributed by atoms with Crippen LogP contribution in [0.5, 0.6) is 5.75 Å². The molecule has 1 N–H and O–H groups in total. The highest BCUT2D eigenvalue weighted by molar-refractivity contribution is 5.95. The van der Waals surface area contributed by atoms with E-state index in [0.717, 1.165) is 35.1 Å². The zero-order chi connectivity index (χ0) is 31.3. The second-order valence-electron chi connectivity index (χ2n) is 11.4. The molecule has 6 rings (SSSR count). The van der Waals surface area contributed by atoms with Crippen LogP contribution >= 0.6 is 0 Å². The minimum Gasteiger partial charge on any atom is -0.491 e. The van der Waals surface area contributed by atoms with Gasteiger partial charge in [-0.05, 0) is 91.8 Å². The predicted octanol–water partition coefficient (Wildman–Crippen LogP) is 6.90. The molecule has 1 amide bonds. The van der Waals surface area contributed by atoms with Crippen LogP contribution in [0.25, 0.3) is 16.8 Å². The molecule has 1 aliphatic carbocycles. The molecule has 3 aromatic carbocycles. The number of carbonyl (C=O) groups excluding carboxylic acids is 2. The molecule has 230 valence electrons. The quantitative estimate of drug-likeness (QED) is 0.157. The number of amides is 1. The summed E-state index contributed by atoms with van der Waals surface area (Å²) in [6.07, 6.45) is 4.82. The lowest BCUT2D eigenvalue weighted by Gasteiger charge is -2.20. The lowest BCUT2D eigenvalue weighted by Crippen LogP contribution is -2.30. The zero-order valence-electron chi connectivity index (χ0n) is 25.5. The molecule has 0 spiro atoms. The first kappa shape index (κ1) is 30.0. The Bertz CT molecular complexity index is 1810. The van der Waals surface area contributed by atoms with Crippen LogP contribution in [-0.2, 0) is 17.6 Å². The Labute approximate surface area is 261 Å². The van der Waals surface area contributed by atoms with Gasteiger partial charge in [0.2, 0.25) is 5.95 Å². The first-order chi connectivity index (χ1) is 21.9. The molecule has 0 radical (unpaired) electrons. The summed E-state index contributed by atoms with van der Waals surface area (Å²) in [5.74, 6) is 1.33. The number of hydrogen-bond acceptors (Lipinski definition) is 6. The third-order valence-corrected chi connectivity index (χ3v) is 8.03. The first-order valence-electron chi connectivity index (χ1n) is 15.4. The van der Waals surface area contributed by atoms with E-state index in [-0.39, 0.29) is 23.9 Å². The number of hydrogen-bond donors (Lipinski definition) is 1. The molecule has 2 heterocycles. The number of nitrogens with one attached hydrogen (secondary N) is 1. The predicted molar refractivity (Wildman–Crippen MR) is 172 cm³/mol. The van der Waals surface area contributed by atoms with Gasteiger partial charge in [-0.15, -0.1) is 5.10 Å².